The molecule has 0 aliphatic rings. The third kappa shape index (κ3) is 4.72. The van der Waals surface area contributed by atoms with E-state index in [-0.39, 0.29) is 22.0 Å². The Labute approximate surface area is 158 Å². The van der Waals surface area contributed by atoms with E-state index >= 15 is 0 Å². The molecule has 2 aromatic rings. The van der Waals surface area contributed by atoms with Crippen molar-refractivity contribution in [2.75, 3.05) is 13.7 Å². The van der Waals surface area contributed by atoms with Gasteiger partial charge in [-0.05, 0) is 61.7 Å². The van der Waals surface area contributed by atoms with Crippen LogP contribution in [0.3, 0.4) is 0 Å². The average molecular weight is 391 g/mol. The Morgan fingerprint density at radius 3 is 2.19 bits per heavy atom. The third-order valence-corrected chi connectivity index (χ3v) is 5.11. The molecular weight excluding hydrogens is 370 g/mol. The molecule has 2 rings (SSSR count). The molecule has 0 unspecified atom stereocenters. The van der Waals surface area contributed by atoms with E-state index < -0.39 is 22.6 Å². The Bertz CT molecular complexity index is 1010. The zero-order valence-electron chi connectivity index (χ0n) is 15.5. The molecule has 2 N–H and O–H groups in total. The maximum Gasteiger partial charge on any atom is 0.342 e. The first-order valence-corrected chi connectivity index (χ1v) is 9.58. The standard InChI is InChI=1S/C19H21NO6S/c1-11-7-13(3)15(8-12(11)2)17(21)10-26-19(22)16-9-14(27(20,23)24)5-6-18(16)25-4/h5-9H,10H2,1-4H3,(H2,20,23,24). The normalized spacial score (nSPS) is 11.1. The number of nitrogens with two attached hydrogens (primary N) is 1. The molecule has 0 bridgehead atoms. The summed E-state index contributed by atoms with van der Waals surface area (Å²) in [6.45, 7) is 5.16. The second kappa shape index (κ2) is 7.89. The summed E-state index contributed by atoms with van der Waals surface area (Å²) in [6.07, 6.45) is 0. The molecule has 0 radical (unpaired) electrons. The quantitative estimate of drug-likeness (QED) is 0.597. The number of Topliss-reactive ketones (excluding diaryl/α,β-unsaturated/α-hetero) is 1. The van der Waals surface area contributed by atoms with Crippen LogP contribution < -0.4 is 9.88 Å². The van der Waals surface area contributed by atoms with Gasteiger partial charge in [0.2, 0.25) is 15.8 Å². The minimum Gasteiger partial charge on any atom is -0.496 e. The number of rotatable bonds is 6. The van der Waals surface area contributed by atoms with E-state index in [1.165, 1.54) is 19.2 Å². The lowest BCUT2D eigenvalue weighted by Gasteiger charge is -2.11. The highest BCUT2D eigenvalue weighted by molar-refractivity contribution is 7.89. The number of ether oxygens (including phenoxy) is 2. The van der Waals surface area contributed by atoms with E-state index in [0.29, 0.717) is 5.56 Å². The van der Waals surface area contributed by atoms with Gasteiger partial charge < -0.3 is 9.47 Å². The third-order valence-electron chi connectivity index (χ3n) is 4.19. The van der Waals surface area contributed by atoms with Gasteiger partial charge in [0, 0.05) is 5.56 Å². The summed E-state index contributed by atoms with van der Waals surface area (Å²) in [6, 6.07) is 7.22. The van der Waals surface area contributed by atoms with Crippen LogP contribution in [0.15, 0.2) is 35.2 Å². The summed E-state index contributed by atoms with van der Waals surface area (Å²) in [7, 11) is -2.68. The van der Waals surface area contributed by atoms with E-state index in [1.54, 1.807) is 13.0 Å². The maximum absolute atomic E-state index is 12.4. The summed E-state index contributed by atoms with van der Waals surface area (Å²) < 4.78 is 33.1. The van der Waals surface area contributed by atoms with E-state index in [1.807, 2.05) is 19.9 Å². The van der Waals surface area contributed by atoms with Gasteiger partial charge in [-0.3, -0.25) is 4.79 Å². The van der Waals surface area contributed by atoms with Crippen molar-refractivity contribution in [3.05, 3.63) is 58.1 Å². The van der Waals surface area contributed by atoms with Crippen molar-refractivity contribution < 1.29 is 27.5 Å². The molecule has 144 valence electrons. The Balaban J connectivity index is 2.23. The molecule has 0 saturated heterocycles. The van der Waals surface area contributed by atoms with Crippen LogP contribution >= 0.6 is 0 Å². The second-order valence-corrected chi connectivity index (χ2v) is 7.72. The molecule has 2 aromatic carbocycles. The lowest BCUT2D eigenvalue weighted by atomic mass is 9.98. The molecule has 27 heavy (non-hydrogen) atoms. The number of carbonyl (C=O) groups is 2. The molecular formula is C19H21NO6S. The monoisotopic (exact) mass is 391 g/mol. The van der Waals surface area contributed by atoms with Gasteiger partial charge in [-0.2, -0.15) is 0 Å². The molecule has 0 aromatic heterocycles. The van der Waals surface area contributed by atoms with Crippen LogP contribution in [-0.2, 0) is 14.8 Å². The van der Waals surface area contributed by atoms with Crippen molar-refractivity contribution in [1.82, 2.24) is 0 Å². The van der Waals surface area contributed by atoms with Gasteiger partial charge in [0.1, 0.15) is 11.3 Å². The predicted octanol–water partition coefficient (Wildman–Crippen LogP) is 2.31. The molecule has 0 fully saturated rings. The van der Waals surface area contributed by atoms with Crippen molar-refractivity contribution in [3.63, 3.8) is 0 Å². The van der Waals surface area contributed by atoms with Crippen molar-refractivity contribution in [1.29, 1.82) is 0 Å². The maximum atomic E-state index is 12.4. The van der Waals surface area contributed by atoms with Crippen molar-refractivity contribution >= 4 is 21.8 Å². The highest BCUT2D eigenvalue weighted by Gasteiger charge is 2.20. The number of esters is 1. The van der Waals surface area contributed by atoms with Crippen molar-refractivity contribution in [2.45, 2.75) is 25.7 Å². The fourth-order valence-corrected chi connectivity index (χ4v) is 3.11. The highest BCUT2D eigenvalue weighted by atomic mass is 32.2. The zero-order chi connectivity index (χ0) is 20.4. The van der Waals surface area contributed by atoms with Crippen molar-refractivity contribution in [3.8, 4) is 5.75 Å². The second-order valence-electron chi connectivity index (χ2n) is 6.16. The summed E-state index contributed by atoms with van der Waals surface area (Å²) in [4.78, 5) is 24.5. The van der Waals surface area contributed by atoms with E-state index in [4.69, 9.17) is 14.6 Å². The SMILES string of the molecule is COc1ccc(S(N)(=O)=O)cc1C(=O)OCC(=O)c1cc(C)c(C)cc1C. The van der Waals surface area contributed by atoms with Gasteiger partial charge in [-0.25, -0.2) is 18.4 Å². The summed E-state index contributed by atoms with van der Waals surface area (Å²) >= 11 is 0. The van der Waals surface area contributed by atoms with E-state index in [2.05, 4.69) is 0 Å². The lowest BCUT2D eigenvalue weighted by Crippen LogP contribution is -2.17. The van der Waals surface area contributed by atoms with Crippen LogP contribution in [-0.4, -0.2) is 33.9 Å². The van der Waals surface area contributed by atoms with Gasteiger partial charge in [0.05, 0.1) is 12.0 Å². The average Bonchev–Trinajstić information content (AvgIpc) is 2.61. The number of aryl methyl sites for hydroxylation is 3. The number of methoxy groups -OCH3 is 1. The first-order chi connectivity index (χ1) is 12.5. The van der Waals surface area contributed by atoms with E-state index in [0.717, 1.165) is 22.8 Å². The first-order valence-electron chi connectivity index (χ1n) is 8.03. The number of benzene rings is 2. The highest BCUT2D eigenvalue weighted by Crippen LogP contribution is 2.23. The van der Waals surface area contributed by atoms with Crippen molar-refractivity contribution in [2.24, 2.45) is 5.14 Å². The minimum atomic E-state index is -4.00. The number of carbonyl (C=O) groups excluding carboxylic acids is 2. The van der Waals surface area contributed by atoms with Crippen LogP contribution in [0.1, 0.15) is 37.4 Å². The molecule has 0 spiro atoms. The smallest absolute Gasteiger partial charge is 0.342 e. The predicted molar refractivity (Wildman–Crippen MR) is 99.6 cm³/mol. The summed E-state index contributed by atoms with van der Waals surface area (Å²) in [5.41, 5.74) is 3.14. The van der Waals surface area contributed by atoms with Crippen LogP contribution in [0.25, 0.3) is 0 Å². The van der Waals surface area contributed by atoms with Gasteiger partial charge in [0.15, 0.2) is 6.61 Å². The largest absolute Gasteiger partial charge is 0.496 e. The molecule has 7 nitrogen and oxygen atoms in total. The van der Waals surface area contributed by atoms with Crippen LogP contribution in [0.5, 0.6) is 5.75 Å². The number of sulfonamides is 1. The summed E-state index contributed by atoms with van der Waals surface area (Å²) in [5, 5.41) is 5.08. The Kier molecular flexibility index (Phi) is 6.02. The molecule has 0 amide bonds. The first kappa shape index (κ1) is 20.6. The summed E-state index contributed by atoms with van der Waals surface area (Å²) in [5.74, 6) is -1.13. The number of ketones is 1. The topological polar surface area (TPSA) is 113 Å². The molecule has 8 heteroatoms. The molecule has 0 heterocycles. The van der Waals surface area contributed by atoms with Gasteiger partial charge in [-0.1, -0.05) is 6.07 Å². The molecule has 0 saturated carbocycles. The van der Waals surface area contributed by atoms with Gasteiger partial charge in [-0.15, -0.1) is 0 Å². The van der Waals surface area contributed by atoms with Crippen LogP contribution in [0.4, 0.5) is 0 Å². The Morgan fingerprint density at radius 1 is 0.963 bits per heavy atom. The van der Waals surface area contributed by atoms with Crippen LogP contribution in [0, 0.1) is 20.8 Å². The fraction of sp³-hybridized carbons (Fsp3) is 0.263. The minimum absolute atomic E-state index is 0.113. The van der Waals surface area contributed by atoms with Gasteiger partial charge in [0.25, 0.3) is 0 Å². The van der Waals surface area contributed by atoms with Gasteiger partial charge >= 0.3 is 5.97 Å². The number of hydrogen-bond acceptors (Lipinski definition) is 6. The molecule has 0 aliphatic carbocycles. The number of primary sulfonamides is 1. The Morgan fingerprint density at radius 2 is 1.59 bits per heavy atom. The zero-order valence-corrected chi connectivity index (χ0v) is 16.3. The van der Waals surface area contributed by atoms with Crippen LogP contribution in [0.2, 0.25) is 0 Å². The molecule has 0 atom stereocenters. The lowest BCUT2D eigenvalue weighted by molar-refractivity contribution is 0.0471. The Hall–Kier alpha value is -2.71. The number of hydrogen-bond donors (Lipinski definition) is 1. The van der Waals surface area contributed by atoms with E-state index in [9.17, 15) is 18.0 Å². The fourth-order valence-electron chi connectivity index (χ4n) is 2.57. The molecule has 0 aliphatic heterocycles.